The second-order valence-electron chi connectivity index (χ2n) is 9.12. The number of hydrogen-bond acceptors (Lipinski definition) is 7. The predicted molar refractivity (Wildman–Crippen MR) is 143 cm³/mol. The lowest BCUT2D eigenvalue weighted by molar-refractivity contribution is -0.385. The first-order chi connectivity index (χ1) is 18.3. The van der Waals surface area contributed by atoms with Crippen LogP contribution < -0.4 is 9.64 Å². The van der Waals surface area contributed by atoms with E-state index < -0.39 is 15.8 Å². The molecule has 38 heavy (non-hydrogen) atoms. The Morgan fingerprint density at radius 2 is 1.53 bits per heavy atom. The molecule has 3 aromatic carbocycles. The Morgan fingerprint density at radius 1 is 0.868 bits per heavy atom. The smallest absolute Gasteiger partial charge is 0.273 e. The molecule has 0 radical (unpaired) electrons. The zero-order valence-corrected chi connectivity index (χ0v) is 21.0. The van der Waals surface area contributed by atoms with Gasteiger partial charge in [0.25, 0.3) is 17.3 Å². The van der Waals surface area contributed by atoms with Gasteiger partial charge in [0.15, 0.2) is 5.75 Å². The molecule has 11 heteroatoms. The number of amides is 1. The normalized spacial score (nSPS) is 15.9. The average molecular weight is 535 g/mol. The Kier molecular flexibility index (Phi) is 7.06. The molecule has 0 N–H and O–H groups in total. The van der Waals surface area contributed by atoms with Crippen LogP contribution in [-0.4, -0.2) is 34.1 Å². The fourth-order valence-electron chi connectivity index (χ4n) is 4.86. The van der Waals surface area contributed by atoms with Gasteiger partial charge in [-0.15, -0.1) is 0 Å². The van der Waals surface area contributed by atoms with Gasteiger partial charge in [0.05, 0.1) is 39.1 Å². The molecule has 1 fully saturated rings. The van der Waals surface area contributed by atoms with Crippen LogP contribution in [0.15, 0.2) is 65.7 Å². The first-order valence-electron chi connectivity index (χ1n) is 12.2. The largest absolute Gasteiger partial charge is 0.488 e. The van der Waals surface area contributed by atoms with Crippen molar-refractivity contribution in [2.75, 3.05) is 11.4 Å². The maximum absolute atomic E-state index is 13.6. The quantitative estimate of drug-likeness (QED) is 0.266. The zero-order chi connectivity index (χ0) is 26.8. The molecule has 0 aromatic heterocycles. The third-order valence-corrected chi connectivity index (χ3v) is 7.01. The van der Waals surface area contributed by atoms with Crippen molar-refractivity contribution < 1.29 is 19.4 Å². The number of carbonyl (C=O) groups excluding carboxylic acids is 1. The van der Waals surface area contributed by atoms with Crippen molar-refractivity contribution in [1.29, 1.82) is 0 Å². The van der Waals surface area contributed by atoms with Crippen LogP contribution in [0.3, 0.4) is 0 Å². The molecule has 5 rings (SSSR count). The molecule has 3 aromatic rings. The fourth-order valence-corrected chi connectivity index (χ4v) is 5.09. The third kappa shape index (κ3) is 4.95. The van der Waals surface area contributed by atoms with Gasteiger partial charge < -0.3 is 4.74 Å². The molecule has 0 spiro atoms. The summed E-state index contributed by atoms with van der Waals surface area (Å²) >= 11 is 6.45. The van der Waals surface area contributed by atoms with Gasteiger partial charge in [-0.2, -0.15) is 0 Å². The number of hydrogen-bond donors (Lipinski definition) is 0. The molecule has 1 amide bonds. The van der Waals surface area contributed by atoms with Crippen LogP contribution in [0.2, 0.25) is 5.02 Å². The van der Waals surface area contributed by atoms with Crippen LogP contribution in [0, 0.1) is 20.2 Å². The number of nitrogens with zero attached hydrogens (tertiary/aromatic N) is 4. The summed E-state index contributed by atoms with van der Waals surface area (Å²) in [6.07, 6.45) is 4.54. The van der Waals surface area contributed by atoms with Crippen LogP contribution in [0.25, 0.3) is 0 Å². The second-order valence-corrected chi connectivity index (χ2v) is 9.53. The van der Waals surface area contributed by atoms with Crippen LogP contribution >= 0.6 is 11.6 Å². The predicted octanol–water partition coefficient (Wildman–Crippen LogP) is 6.38. The highest BCUT2D eigenvalue weighted by molar-refractivity contribution is 6.36. The Hall–Kier alpha value is -4.31. The SMILES string of the molecule is O=C1CN=C(c2ccccc2Cl)c2cc([N+](=O)[O-])ccc2N1c1ccc([N+](=O)[O-])cc1OC1CCCCC1. The van der Waals surface area contributed by atoms with E-state index >= 15 is 0 Å². The van der Waals surface area contributed by atoms with Crippen molar-refractivity contribution in [1.82, 2.24) is 0 Å². The molecule has 1 saturated carbocycles. The Bertz CT molecular complexity index is 1470. The summed E-state index contributed by atoms with van der Waals surface area (Å²) in [6.45, 7) is -0.275. The maximum atomic E-state index is 13.6. The lowest BCUT2D eigenvalue weighted by Gasteiger charge is -2.28. The van der Waals surface area contributed by atoms with Gasteiger partial charge in [-0.3, -0.25) is 34.9 Å². The van der Waals surface area contributed by atoms with E-state index in [1.165, 1.54) is 41.3 Å². The van der Waals surface area contributed by atoms with Crippen molar-refractivity contribution >= 4 is 46.0 Å². The van der Waals surface area contributed by atoms with Crippen molar-refractivity contribution in [2.45, 2.75) is 38.2 Å². The van der Waals surface area contributed by atoms with Crippen molar-refractivity contribution in [3.63, 3.8) is 0 Å². The van der Waals surface area contributed by atoms with Gasteiger partial charge >= 0.3 is 0 Å². The number of halogens is 1. The number of non-ortho nitro benzene ring substituents is 2. The molecular formula is C27H23ClN4O6. The van der Waals surface area contributed by atoms with E-state index in [9.17, 15) is 25.0 Å². The third-order valence-electron chi connectivity index (χ3n) is 6.68. The summed E-state index contributed by atoms with van der Waals surface area (Å²) in [5.74, 6) is -0.227. The Balaban J connectivity index is 1.69. The van der Waals surface area contributed by atoms with E-state index in [1.54, 1.807) is 24.3 Å². The Labute approximate surface area is 222 Å². The number of anilines is 2. The highest BCUT2D eigenvalue weighted by Crippen LogP contribution is 2.42. The number of nitro benzene ring substituents is 2. The van der Waals surface area contributed by atoms with E-state index in [0.717, 1.165) is 32.1 Å². The summed E-state index contributed by atoms with van der Waals surface area (Å²) in [7, 11) is 0. The van der Waals surface area contributed by atoms with E-state index in [2.05, 4.69) is 4.99 Å². The number of carbonyl (C=O) groups is 1. The molecule has 1 aliphatic carbocycles. The number of aliphatic imine (C=N–C) groups is 1. The summed E-state index contributed by atoms with van der Waals surface area (Å²) in [5, 5.41) is 23.6. The molecule has 0 atom stereocenters. The first-order valence-corrected chi connectivity index (χ1v) is 12.6. The van der Waals surface area contributed by atoms with Gasteiger partial charge in [-0.25, -0.2) is 0 Å². The molecule has 10 nitrogen and oxygen atoms in total. The molecule has 0 unspecified atom stereocenters. The van der Waals surface area contributed by atoms with Gasteiger partial charge in [0, 0.05) is 34.3 Å². The van der Waals surface area contributed by atoms with E-state index in [1.807, 2.05) is 0 Å². The topological polar surface area (TPSA) is 128 Å². The van der Waals surface area contributed by atoms with Gasteiger partial charge in [0.2, 0.25) is 0 Å². The van der Waals surface area contributed by atoms with E-state index in [0.29, 0.717) is 33.2 Å². The number of fused-ring (bicyclic) bond motifs is 1. The van der Waals surface area contributed by atoms with Crippen molar-refractivity contribution in [3.05, 3.63) is 97.0 Å². The summed E-state index contributed by atoms with van der Waals surface area (Å²) < 4.78 is 6.26. The minimum atomic E-state index is -0.523. The molecule has 0 bridgehead atoms. The minimum absolute atomic E-state index is 0.141. The monoisotopic (exact) mass is 534 g/mol. The number of benzodiazepines with no additional fused rings is 1. The minimum Gasteiger partial charge on any atom is -0.488 e. The number of benzene rings is 3. The second kappa shape index (κ2) is 10.6. The van der Waals surface area contributed by atoms with Crippen LogP contribution in [0.5, 0.6) is 5.75 Å². The van der Waals surface area contributed by atoms with Gasteiger partial charge in [0.1, 0.15) is 6.54 Å². The first kappa shape index (κ1) is 25.3. The number of ether oxygens (including phenoxy) is 1. The molecule has 0 saturated heterocycles. The lowest BCUT2D eigenvalue weighted by atomic mass is 9.97. The van der Waals surface area contributed by atoms with E-state index in [4.69, 9.17) is 16.3 Å². The van der Waals surface area contributed by atoms with Crippen LogP contribution in [0.4, 0.5) is 22.7 Å². The summed E-state index contributed by atoms with van der Waals surface area (Å²) in [6, 6.07) is 15.2. The highest BCUT2D eigenvalue weighted by atomic mass is 35.5. The van der Waals surface area contributed by atoms with Crippen molar-refractivity contribution in [3.8, 4) is 5.75 Å². The molecule has 1 aliphatic heterocycles. The Morgan fingerprint density at radius 3 is 2.21 bits per heavy atom. The average Bonchev–Trinajstić information content (AvgIpc) is 3.05. The molecule has 1 heterocycles. The number of rotatable bonds is 6. The fraction of sp³-hybridized carbons (Fsp3) is 0.259. The molecular weight excluding hydrogens is 512 g/mol. The van der Waals surface area contributed by atoms with Crippen LogP contribution in [-0.2, 0) is 4.79 Å². The van der Waals surface area contributed by atoms with Crippen molar-refractivity contribution in [2.24, 2.45) is 4.99 Å². The lowest BCUT2D eigenvalue weighted by Crippen LogP contribution is -2.29. The summed E-state index contributed by atoms with van der Waals surface area (Å²) in [4.78, 5) is 41.6. The van der Waals surface area contributed by atoms with Gasteiger partial charge in [-0.1, -0.05) is 36.2 Å². The van der Waals surface area contributed by atoms with Crippen LogP contribution in [0.1, 0.15) is 43.2 Å². The standard InChI is InChI=1S/C27H23ClN4O6/c28-22-9-5-4-8-20(22)27-21-14-17(31(34)35)10-12-23(21)30(26(33)16-29-27)24-13-11-18(32(36)37)15-25(24)38-19-6-2-1-3-7-19/h4-5,8-15,19H,1-3,6-7,16H2. The summed E-state index contributed by atoms with van der Waals surface area (Å²) in [5.41, 5.74) is 1.48. The van der Waals surface area contributed by atoms with E-state index in [-0.39, 0.29) is 29.8 Å². The highest BCUT2D eigenvalue weighted by Gasteiger charge is 2.32. The maximum Gasteiger partial charge on any atom is 0.273 e. The zero-order valence-electron chi connectivity index (χ0n) is 20.2. The number of nitro groups is 2. The van der Waals surface area contributed by atoms with Gasteiger partial charge in [-0.05, 0) is 43.9 Å². The molecule has 194 valence electrons. The molecule has 2 aliphatic rings.